The summed E-state index contributed by atoms with van der Waals surface area (Å²) in [6.45, 7) is 9.83. The second-order valence-electron chi connectivity index (χ2n) is 5.99. The Hall–Kier alpha value is -1.97. The summed E-state index contributed by atoms with van der Waals surface area (Å²) in [7, 11) is 1.62. The molecule has 2 N–H and O–H groups in total. The standard InChI is InChI=1S/C19H28N4O3.HI/c1-6-20-19(21-12-15-11-16(13(3)4)23-26-15)22-14-8-9-17(24-5)18(10-14)25-7-2;/h8-11,13H,6-7,12H2,1-5H3,(H2,20,21,22);1H. The number of aliphatic imine (C=N–C) groups is 1. The van der Waals surface area contributed by atoms with E-state index in [1.165, 1.54) is 0 Å². The zero-order valence-electron chi connectivity index (χ0n) is 16.5. The number of aromatic nitrogens is 1. The van der Waals surface area contributed by atoms with Crippen LogP contribution in [0, 0.1) is 0 Å². The van der Waals surface area contributed by atoms with Gasteiger partial charge in [-0.25, -0.2) is 4.99 Å². The van der Waals surface area contributed by atoms with Gasteiger partial charge in [0, 0.05) is 24.4 Å². The van der Waals surface area contributed by atoms with Crippen LogP contribution < -0.4 is 20.1 Å². The van der Waals surface area contributed by atoms with Gasteiger partial charge in [-0.15, -0.1) is 24.0 Å². The minimum Gasteiger partial charge on any atom is -0.493 e. The first kappa shape index (κ1) is 23.1. The molecule has 0 aliphatic heterocycles. The fourth-order valence-corrected chi connectivity index (χ4v) is 2.30. The average molecular weight is 488 g/mol. The second kappa shape index (κ2) is 11.7. The molecule has 27 heavy (non-hydrogen) atoms. The van der Waals surface area contributed by atoms with Gasteiger partial charge in [0.15, 0.2) is 23.2 Å². The van der Waals surface area contributed by atoms with E-state index in [-0.39, 0.29) is 24.0 Å². The van der Waals surface area contributed by atoms with Crippen molar-refractivity contribution in [1.29, 1.82) is 0 Å². The number of halogens is 1. The average Bonchev–Trinajstić information content (AvgIpc) is 3.10. The zero-order chi connectivity index (χ0) is 18.9. The van der Waals surface area contributed by atoms with E-state index < -0.39 is 0 Å². The summed E-state index contributed by atoms with van der Waals surface area (Å²) in [5.41, 5.74) is 1.79. The smallest absolute Gasteiger partial charge is 0.196 e. The van der Waals surface area contributed by atoms with E-state index in [0.717, 1.165) is 23.7 Å². The van der Waals surface area contributed by atoms with Crippen LogP contribution in [-0.4, -0.2) is 31.4 Å². The van der Waals surface area contributed by atoms with Crippen LogP contribution in [0.3, 0.4) is 0 Å². The Morgan fingerprint density at radius 2 is 2.00 bits per heavy atom. The van der Waals surface area contributed by atoms with E-state index in [9.17, 15) is 0 Å². The Morgan fingerprint density at radius 3 is 2.59 bits per heavy atom. The summed E-state index contributed by atoms with van der Waals surface area (Å²) < 4.78 is 16.3. The van der Waals surface area contributed by atoms with Gasteiger partial charge >= 0.3 is 0 Å². The molecule has 8 heteroatoms. The fourth-order valence-electron chi connectivity index (χ4n) is 2.30. The van der Waals surface area contributed by atoms with Crippen molar-refractivity contribution in [3.8, 4) is 11.5 Å². The van der Waals surface area contributed by atoms with Crippen LogP contribution in [0.4, 0.5) is 5.69 Å². The van der Waals surface area contributed by atoms with E-state index in [1.54, 1.807) is 7.11 Å². The van der Waals surface area contributed by atoms with E-state index in [4.69, 9.17) is 14.0 Å². The van der Waals surface area contributed by atoms with Crippen molar-refractivity contribution in [3.05, 3.63) is 35.7 Å². The van der Waals surface area contributed by atoms with Crippen LogP contribution in [0.2, 0.25) is 0 Å². The van der Waals surface area contributed by atoms with Crippen molar-refractivity contribution in [2.45, 2.75) is 40.2 Å². The molecular weight excluding hydrogens is 459 g/mol. The molecule has 7 nitrogen and oxygen atoms in total. The highest BCUT2D eigenvalue weighted by Crippen LogP contribution is 2.30. The van der Waals surface area contributed by atoms with E-state index in [2.05, 4.69) is 34.6 Å². The van der Waals surface area contributed by atoms with E-state index in [1.807, 2.05) is 38.1 Å². The van der Waals surface area contributed by atoms with Gasteiger partial charge in [-0.3, -0.25) is 0 Å². The van der Waals surface area contributed by atoms with Crippen LogP contribution in [0.5, 0.6) is 11.5 Å². The molecule has 0 bridgehead atoms. The summed E-state index contributed by atoms with van der Waals surface area (Å²) in [6.07, 6.45) is 0. The molecule has 1 aromatic carbocycles. The van der Waals surface area contributed by atoms with Crippen molar-refractivity contribution in [2.24, 2.45) is 4.99 Å². The highest BCUT2D eigenvalue weighted by atomic mass is 127. The summed E-state index contributed by atoms with van der Waals surface area (Å²) >= 11 is 0. The summed E-state index contributed by atoms with van der Waals surface area (Å²) in [5.74, 6) is 3.10. The normalized spacial score (nSPS) is 11.1. The van der Waals surface area contributed by atoms with Crippen LogP contribution >= 0.6 is 24.0 Å². The Labute approximate surface area is 177 Å². The number of benzene rings is 1. The summed E-state index contributed by atoms with van der Waals surface area (Å²) in [6, 6.07) is 7.61. The molecular formula is C19H29IN4O3. The van der Waals surface area contributed by atoms with Gasteiger partial charge in [-0.2, -0.15) is 0 Å². The van der Waals surface area contributed by atoms with Crippen molar-refractivity contribution in [3.63, 3.8) is 0 Å². The van der Waals surface area contributed by atoms with Crippen molar-refractivity contribution < 1.29 is 14.0 Å². The third-order valence-electron chi connectivity index (χ3n) is 3.63. The van der Waals surface area contributed by atoms with Crippen molar-refractivity contribution in [1.82, 2.24) is 10.5 Å². The number of hydrogen-bond acceptors (Lipinski definition) is 5. The largest absolute Gasteiger partial charge is 0.493 e. The molecule has 0 aliphatic carbocycles. The van der Waals surface area contributed by atoms with E-state index >= 15 is 0 Å². The Kier molecular flexibility index (Phi) is 9.98. The third kappa shape index (κ3) is 6.93. The highest BCUT2D eigenvalue weighted by molar-refractivity contribution is 14.0. The van der Waals surface area contributed by atoms with Crippen molar-refractivity contribution in [2.75, 3.05) is 25.6 Å². The van der Waals surface area contributed by atoms with E-state index in [0.29, 0.717) is 36.5 Å². The number of ether oxygens (including phenoxy) is 2. The predicted molar refractivity (Wildman–Crippen MR) is 119 cm³/mol. The number of rotatable bonds is 8. The molecule has 1 aromatic heterocycles. The molecule has 2 aromatic rings. The van der Waals surface area contributed by atoms with Crippen LogP contribution in [0.25, 0.3) is 0 Å². The molecule has 0 saturated heterocycles. The minimum atomic E-state index is 0. The molecule has 0 unspecified atom stereocenters. The number of anilines is 1. The van der Waals surface area contributed by atoms with Crippen LogP contribution in [0.1, 0.15) is 45.1 Å². The summed E-state index contributed by atoms with van der Waals surface area (Å²) in [5, 5.41) is 10.5. The predicted octanol–water partition coefficient (Wildman–Crippen LogP) is 4.40. The van der Waals surface area contributed by atoms with Gasteiger partial charge in [0.2, 0.25) is 0 Å². The molecule has 0 radical (unpaired) electrons. The second-order valence-corrected chi connectivity index (χ2v) is 5.99. The van der Waals surface area contributed by atoms with Gasteiger partial charge in [0.1, 0.15) is 6.54 Å². The third-order valence-corrected chi connectivity index (χ3v) is 3.63. The lowest BCUT2D eigenvalue weighted by Gasteiger charge is -2.14. The lowest BCUT2D eigenvalue weighted by molar-refractivity contribution is 0.311. The quantitative estimate of drug-likeness (QED) is 0.326. The lowest BCUT2D eigenvalue weighted by atomic mass is 10.1. The fraction of sp³-hybridized carbons (Fsp3) is 0.474. The number of methoxy groups -OCH3 is 1. The van der Waals surface area contributed by atoms with Gasteiger partial charge < -0.3 is 24.6 Å². The Morgan fingerprint density at radius 1 is 1.22 bits per heavy atom. The molecule has 0 amide bonds. The molecule has 2 rings (SSSR count). The van der Waals surface area contributed by atoms with Crippen LogP contribution in [0.15, 0.2) is 33.8 Å². The molecule has 0 spiro atoms. The Balaban J connectivity index is 0.00000364. The number of nitrogens with zero attached hydrogens (tertiary/aromatic N) is 2. The number of nitrogens with one attached hydrogen (secondary N) is 2. The topological polar surface area (TPSA) is 80.9 Å². The monoisotopic (exact) mass is 488 g/mol. The van der Waals surface area contributed by atoms with Crippen molar-refractivity contribution >= 4 is 35.6 Å². The highest BCUT2D eigenvalue weighted by Gasteiger charge is 2.09. The maximum absolute atomic E-state index is 5.62. The first-order chi connectivity index (χ1) is 12.6. The summed E-state index contributed by atoms with van der Waals surface area (Å²) in [4.78, 5) is 4.56. The van der Waals surface area contributed by atoms with Crippen LogP contribution in [-0.2, 0) is 6.54 Å². The first-order valence-corrected chi connectivity index (χ1v) is 8.89. The molecule has 150 valence electrons. The zero-order valence-corrected chi connectivity index (χ0v) is 18.9. The molecule has 0 saturated carbocycles. The minimum absolute atomic E-state index is 0. The van der Waals surface area contributed by atoms with Gasteiger partial charge in [-0.05, 0) is 31.9 Å². The molecule has 0 atom stereocenters. The Bertz CT molecular complexity index is 731. The lowest BCUT2D eigenvalue weighted by Crippen LogP contribution is -2.30. The SMILES string of the molecule is CCNC(=NCc1cc(C(C)C)no1)Nc1ccc(OC)c(OCC)c1.I. The molecule has 0 fully saturated rings. The maximum Gasteiger partial charge on any atom is 0.196 e. The van der Waals surface area contributed by atoms with Gasteiger partial charge in [-0.1, -0.05) is 19.0 Å². The molecule has 0 aliphatic rings. The first-order valence-electron chi connectivity index (χ1n) is 8.89. The van der Waals surface area contributed by atoms with Gasteiger partial charge in [0.25, 0.3) is 0 Å². The number of hydrogen-bond donors (Lipinski definition) is 2. The number of guanidine groups is 1. The molecule has 1 heterocycles. The van der Waals surface area contributed by atoms with Gasteiger partial charge in [0.05, 0.1) is 19.4 Å². The maximum atomic E-state index is 5.62.